The van der Waals surface area contributed by atoms with Crippen LogP contribution in [0, 0.1) is 21.7 Å². The van der Waals surface area contributed by atoms with Crippen LogP contribution in [-0.4, -0.2) is 10.8 Å². The monoisotopic (exact) mass is 293 g/mol. The highest BCUT2D eigenvalue weighted by molar-refractivity contribution is 6.06. The van der Waals surface area contributed by atoms with E-state index in [0.29, 0.717) is 6.07 Å². The van der Waals surface area contributed by atoms with Gasteiger partial charge in [0.25, 0.3) is 11.6 Å². The highest BCUT2D eigenvalue weighted by atomic mass is 19.1. The number of rotatable bonds is 3. The number of carbonyl (C=O) groups excluding carboxylic acids is 1. The third kappa shape index (κ3) is 3.11. The zero-order valence-electron chi connectivity index (χ0n) is 10.5. The number of amides is 1. The van der Waals surface area contributed by atoms with Crippen LogP contribution in [0.5, 0.6) is 0 Å². The second kappa shape index (κ2) is 5.53. The van der Waals surface area contributed by atoms with Crippen LogP contribution in [0.15, 0.2) is 36.4 Å². The van der Waals surface area contributed by atoms with Crippen LogP contribution < -0.4 is 11.1 Å². The van der Waals surface area contributed by atoms with Crippen LogP contribution in [0.1, 0.15) is 10.4 Å². The summed E-state index contributed by atoms with van der Waals surface area (Å²) in [5.41, 5.74) is 4.75. The van der Waals surface area contributed by atoms with Gasteiger partial charge in [0, 0.05) is 6.07 Å². The summed E-state index contributed by atoms with van der Waals surface area (Å²) in [6, 6.07) is 5.93. The van der Waals surface area contributed by atoms with Gasteiger partial charge in [-0.15, -0.1) is 0 Å². The van der Waals surface area contributed by atoms with Gasteiger partial charge in [-0.1, -0.05) is 0 Å². The second-order valence-electron chi connectivity index (χ2n) is 4.11. The van der Waals surface area contributed by atoms with Gasteiger partial charge < -0.3 is 11.1 Å². The molecule has 2 rings (SSSR count). The average molecular weight is 293 g/mol. The topological polar surface area (TPSA) is 98.3 Å². The van der Waals surface area contributed by atoms with E-state index in [4.69, 9.17) is 5.73 Å². The molecule has 0 unspecified atom stereocenters. The molecule has 2 aromatic carbocycles. The first-order chi connectivity index (χ1) is 9.88. The number of nitro benzene ring substituents is 1. The molecule has 0 aromatic heterocycles. The molecule has 8 heteroatoms. The maximum absolute atomic E-state index is 13.7. The number of benzene rings is 2. The van der Waals surface area contributed by atoms with Gasteiger partial charge in [-0.25, -0.2) is 8.78 Å². The molecule has 0 spiro atoms. The minimum Gasteiger partial charge on any atom is -0.397 e. The second-order valence-corrected chi connectivity index (χ2v) is 4.11. The first kappa shape index (κ1) is 14.4. The Kier molecular flexibility index (Phi) is 3.79. The lowest BCUT2D eigenvalue weighted by Crippen LogP contribution is -2.15. The van der Waals surface area contributed by atoms with Crippen LogP contribution >= 0.6 is 0 Å². The van der Waals surface area contributed by atoms with Crippen molar-refractivity contribution in [1.82, 2.24) is 0 Å². The molecule has 0 aliphatic heterocycles. The number of anilines is 2. The number of nitrogens with zero attached hydrogens (tertiary/aromatic N) is 1. The Morgan fingerprint density at radius 2 is 1.90 bits per heavy atom. The van der Waals surface area contributed by atoms with E-state index in [-0.39, 0.29) is 11.4 Å². The lowest BCUT2D eigenvalue weighted by Gasteiger charge is -2.08. The maximum atomic E-state index is 13.7. The Balaban J connectivity index is 2.28. The van der Waals surface area contributed by atoms with Crippen molar-refractivity contribution in [3.05, 3.63) is 63.7 Å². The Labute approximate surface area is 117 Å². The van der Waals surface area contributed by atoms with E-state index >= 15 is 0 Å². The summed E-state index contributed by atoms with van der Waals surface area (Å²) in [7, 11) is 0. The Bertz CT molecular complexity index is 735. The largest absolute Gasteiger partial charge is 0.397 e. The van der Waals surface area contributed by atoms with Crippen LogP contribution in [0.4, 0.5) is 25.8 Å². The zero-order chi connectivity index (χ0) is 15.6. The number of carbonyl (C=O) groups is 1. The van der Waals surface area contributed by atoms with Crippen molar-refractivity contribution < 1.29 is 18.5 Å². The van der Waals surface area contributed by atoms with E-state index in [2.05, 4.69) is 5.32 Å². The summed E-state index contributed by atoms with van der Waals surface area (Å²) in [4.78, 5) is 21.6. The number of hydrogen-bond donors (Lipinski definition) is 2. The highest BCUT2D eigenvalue weighted by Gasteiger charge is 2.17. The van der Waals surface area contributed by atoms with E-state index in [0.717, 1.165) is 24.3 Å². The molecule has 0 fully saturated rings. The summed E-state index contributed by atoms with van der Waals surface area (Å²) in [5.74, 6) is -2.57. The molecule has 6 nitrogen and oxygen atoms in total. The minimum atomic E-state index is -1.06. The quantitative estimate of drug-likeness (QED) is 0.516. The highest BCUT2D eigenvalue weighted by Crippen LogP contribution is 2.22. The molecule has 0 aliphatic rings. The molecule has 0 saturated heterocycles. The van der Waals surface area contributed by atoms with Gasteiger partial charge in [0.05, 0.1) is 27.9 Å². The molecule has 108 valence electrons. The number of nitrogens with one attached hydrogen (secondary N) is 1. The average Bonchev–Trinajstić information content (AvgIpc) is 2.42. The van der Waals surface area contributed by atoms with Gasteiger partial charge in [-0.05, 0) is 24.3 Å². The molecule has 3 N–H and O–H groups in total. The summed E-state index contributed by atoms with van der Waals surface area (Å²) >= 11 is 0. The molecule has 0 aliphatic carbocycles. The van der Waals surface area contributed by atoms with Crippen molar-refractivity contribution in [2.24, 2.45) is 0 Å². The molecule has 0 atom stereocenters. The summed E-state index contributed by atoms with van der Waals surface area (Å²) in [5, 5.41) is 12.7. The Hall–Kier alpha value is -3.03. The van der Waals surface area contributed by atoms with Crippen molar-refractivity contribution in [2.75, 3.05) is 11.1 Å². The fourth-order valence-electron chi connectivity index (χ4n) is 1.63. The predicted molar refractivity (Wildman–Crippen MR) is 71.8 cm³/mol. The van der Waals surface area contributed by atoms with E-state index in [1.807, 2.05) is 0 Å². The first-order valence-corrected chi connectivity index (χ1v) is 5.69. The number of halogens is 2. The number of nitrogens with two attached hydrogens (primary N) is 1. The van der Waals surface area contributed by atoms with E-state index in [1.54, 1.807) is 0 Å². The molecule has 1 amide bonds. The molecular weight excluding hydrogens is 284 g/mol. The van der Waals surface area contributed by atoms with Crippen molar-refractivity contribution in [3.8, 4) is 0 Å². The lowest BCUT2D eigenvalue weighted by atomic mass is 10.1. The van der Waals surface area contributed by atoms with Gasteiger partial charge >= 0.3 is 0 Å². The predicted octanol–water partition coefficient (Wildman–Crippen LogP) is 2.71. The lowest BCUT2D eigenvalue weighted by molar-refractivity contribution is -0.385. The molecular formula is C13H9F2N3O3. The van der Waals surface area contributed by atoms with Gasteiger partial charge in [0.1, 0.15) is 11.6 Å². The number of hydrogen-bond acceptors (Lipinski definition) is 4. The number of nitro groups is 1. The summed E-state index contributed by atoms with van der Waals surface area (Å²) < 4.78 is 26.7. The van der Waals surface area contributed by atoms with E-state index in [9.17, 15) is 23.7 Å². The van der Waals surface area contributed by atoms with E-state index < -0.39 is 33.7 Å². The molecule has 0 heterocycles. The van der Waals surface area contributed by atoms with E-state index in [1.165, 1.54) is 6.07 Å². The fourth-order valence-corrected chi connectivity index (χ4v) is 1.63. The fraction of sp³-hybridized carbons (Fsp3) is 0. The van der Waals surface area contributed by atoms with Crippen molar-refractivity contribution in [1.29, 1.82) is 0 Å². The van der Waals surface area contributed by atoms with Gasteiger partial charge in [0.15, 0.2) is 0 Å². The third-order valence-corrected chi connectivity index (χ3v) is 2.67. The number of nitrogen functional groups attached to an aromatic ring is 1. The molecule has 21 heavy (non-hydrogen) atoms. The normalized spacial score (nSPS) is 10.2. The molecule has 0 bridgehead atoms. The van der Waals surface area contributed by atoms with Crippen LogP contribution in [-0.2, 0) is 0 Å². The van der Waals surface area contributed by atoms with Crippen molar-refractivity contribution in [3.63, 3.8) is 0 Å². The standard InChI is InChI=1S/C13H9F2N3O3/c14-7-1-4-11(16)12(5-7)17-13(19)9-3-2-8(18(20)21)6-10(9)15/h1-6H,16H2,(H,17,19). The van der Waals surface area contributed by atoms with Crippen LogP contribution in [0.3, 0.4) is 0 Å². The van der Waals surface area contributed by atoms with Gasteiger partial charge in [-0.2, -0.15) is 0 Å². The van der Waals surface area contributed by atoms with Crippen LogP contribution in [0.25, 0.3) is 0 Å². The minimum absolute atomic E-state index is 0.0160. The van der Waals surface area contributed by atoms with Crippen LogP contribution in [0.2, 0.25) is 0 Å². The summed E-state index contributed by atoms with van der Waals surface area (Å²) in [6.45, 7) is 0. The molecule has 0 saturated carbocycles. The third-order valence-electron chi connectivity index (χ3n) is 2.67. The Morgan fingerprint density at radius 1 is 1.19 bits per heavy atom. The van der Waals surface area contributed by atoms with Crippen molar-refractivity contribution in [2.45, 2.75) is 0 Å². The molecule has 2 aromatic rings. The first-order valence-electron chi connectivity index (χ1n) is 5.69. The van der Waals surface area contributed by atoms with Gasteiger partial charge in [0.2, 0.25) is 0 Å². The van der Waals surface area contributed by atoms with Gasteiger partial charge in [-0.3, -0.25) is 14.9 Å². The molecule has 0 radical (unpaired) electrons. The number of non-ortho nitro benzene ring substituents is 1. The zero-order valence-corrected chi connectivity index (χ0v) is 10.5. The SMILES string of the molecule is Nc1ccc(F)cc1NC(=O)c1ccc([N+](=O)[O-])cc1F. The Morgan fingerprint density at radius 3 is 2.52 bits per heavy atom. The maximum Gasteiger partial charge on any atom is 0.272 e. The van der Waals surface area contributed by atoms with Crippen molar-refractivity contribution >= 4 is 23.0 Å². The smallest absolute Gasteiger partial charge is 0.272 e. The summed E-state index contributed by atoms with van der Waals surface area (Å²) in [6.07, 6.45) is 0.